The molecule has 3 aromatic rings. The zero-order chi connectivity index (χ0) is 18.0. The van der Waals surface area contributed by atoms with Crippen LogP contribution in [0.2, 0.25) is 0 Å². The van der Waals surface area contributed by atoms with E-state index in [0.717, 1.165) is 28.2 Å². The number of fused-ring (bicyclic) bond motifs is 1. The van der Waals surface area contributed by atoms with Gasteiger partial charge in [0.1, 0.15) is 5.75 Å². The number of hydrogen-bond acceptors (Lipinski definition) is 5. The fourth-order valence-electron chi connectivity index (χ4n) is 2.90. The minimum atomic E-state index is -0.506. The van der Waals surface area contributed by atoms with E-state index in [1.807, 2.05) is 43.3 Å². The van der Waals surface area contributed by atoms with Gasteiger partial charge in [-0.2, -0.15) is 0 Å². The number of H-pyrrole nitrogens is 1. The number of nitrogens with one attached hydrogen (secondary N) is 1. The first-order chi connectivity index (χ1) is 12.0. The minimum Gasteiger partial charge on any atom is -0.497 e. The van der Waals surface area contributed by atoms with Crippen LogP contribution in [-0.4, -0.2) is 28.3 Å². The monoisotopic (exact) mass is 341 g/mol. The maximum Gasteiger partial charge on any atom is 0.319 e. The van der Waals surface area contributed by atoms with Crippen LogP contribution in [0.15, 0.2) is 42.5 Å². The highest BCUT2D eigenvalue weighted by atomic mass is 16.5. The molecule has 130 valence electrons. The first-order valence-corrected chi connectivity index (χ1v) is 7.92. The van der Waals surface area contributed by atoms with Crippen molar-refractivity contribution in [2.24, 2.45) is 0 Å². The molecule has 1 unspecified atom stereocenters. The highest BCUT2D eigenvalue weighted by Gasteiger charge is 2.24. The summed E-state index contributed by atoms with van der Waals surface area (Å²) in [6.07, 6.45) is 0.529. The van der Waals surface area contributed by atoms with E-state index in [9.17, 15) is 15.0 Å². The molecule has 1 aromatic heterocycles. The molecular weight excluding hydrogens is 322 g/mol. The van der Waals surface area contributed by atoms with Crippen molar-refractivity contribution >= 4 is 16.7 Å². The Morgan fingerprint density at radius 3 is 2.64 bits per heavy atom. The highest BCUT2D eigenvalue weighted by molar-refractivity contribution is 5.92. The van der Waals surface area contributed by atoms with Gasteiger partial charge in [-0.15, -0.1) is 0 Å². The molecule has 2 aromatic carbocycles. The number of methoxy groups -OCH3 is 1. The smallest absolute Gasteiger partial charge is 0.319 e. The van der Waals surface area contributed by atoms with E-state index in [1.54, 1.807) is 7.11 Å². The van der Waals surface area contributed by atoms with Crippen molar-refractivity contribution in [3.63, 3.8) is 0 Å². The molecule has 0 aliphatic carbocycles. The van der Waals surface area contributed by atoms with Crippen LogP contribution in [0.25, 0.3) is 10.8 Å². The van der Waals surface area contributed by atoms with Crippen LogP contribution in [-0.2, 0) is 4.79 Å². The molecule has 6 nitrogen and oxygen atoms in total. The van der Waals surface area contributed by atoms with Crippen molar-refractivity contribution < 1.29 is 24.5 Å². The van der Waals surface area contributed by atoms with Gasteiger partial charge in [-0.1, -0.05) is 31.2 Å². The van der Waals surface area contributed by atoms with Crippen LogP contribution in [0.4, 0.5) is 0 Å². The molecule has 0 radical (unpaired) electrons. The van der Waals surface area contributed by atoms with Crippen LogP contribution < -0.4 is 9.47 Å². The normalized spacial score (nSPS) is 12.1. The van der Waals surface area contributed by atoms with E-state index >= 15 is 0 Å². The quantitative estimate of drug-likeness (QED) is 0.616. The number of aromatic hydroxyl groups is 2. The second-order valence-electron chi connectivity index (χ2n) is 5.68. The Morgan fingerprint density at radius 2 is 2.00 bits per heavy atom. The van der Waals surface area contributed by atoms with Gasteiger partial charge in [0.15, 0.2) is 11.6 Å². The Bertz CT molecular complexity index is 915. The number of aromatic amines is 1. The van der Waals surface area contributed by atoms with E-state index < -0.39 is 11.9 Å². The number of hydrogen-bond donors (Lipinski definition) is 3. The molecule has 3 rings (SSSR count). The summed E-state index contributed by atoms with van der Waals surface area (Å²) in [6, 6.07) is 12.6. The summed E-state index contributed by atoms with van der Waals surface area (Å²) in [4.78, 5) is 14.9. The molecule has 3 N–H and O–H groups in total. The molecule has 6 heteroatoms. The number of rotatable bonds is 5. The molecule has 0 aliphatic heterocycles. The van der Waals surface area contributed by atoms with E-state index in [1.165, 1.54) is 0 Å². The second-order valence-corrected chi connectivity index (χ2v) is 5.68. The van der Waals surface area contributed by atoms with Gasteiger partial charge in [0.2, 0.25) is 5.88 Å². The van der Waals surface area contributed by atoms with Crippen molar-refractivity contribution in [3.8, 4) is 23.3 Å². The maximum absolute atomic E-state index is 12.6. The molecular formula is C19H19NO5. The van der Waals surface area contributed by atoms with Crippen molar-refractivity contribution in [2.45, 2.75) is 19.3 Å². The SMILES string of the molecule is CCC(C(=O)Oc1cc(O)[nH]c1O)c1cccc2cc(OC)ccc12. The van der Waals surface area contributed by atoms with Gasteiger partial charge in [0.25, 0.3) is 0 Å². The minimum absolute atomic E-state index is 0.0946. The standard InChI is InChI=1S/C19H19NO5/c1-3-13(19(23)25-16-10-17(21)20-18(16)22)15-6-4-5-11-9-12(24-2)7-8-14(11)15/h4-10,13,20-22H,3H2,1-2H3. The Morgan fingerprint density at radius 1 is 1.20 bits per heavy atom. The number of carbonyl (C=O) groups excluding carboxylic acids is 1. The lowest BCUT2D eigenvalue weighted by atomic mass is 9.91. The third-order valence-electron chi connectivity index (χ3n) is 4.15. The number of benzene rings is 2. The summed E-state index contributed by atoms with van der Waals surface area (Å²) in [5, 5.41) is 20.9. The van der Waals surface area contributed by atoms with Crippen molar-refractivity contribution in [1.82, 2.24) is 4.98 Å². The first kappa shape index (κ1) is 16.7. The largest absolute Gasteiger partial charge is 0.497 e. The van der Waals surface area contributed by atoms with Gasteiger partial charge in [0.05, 0.1) is 13.0 Å². The number of ether oxygens (including phenoxy) is 2. The van der Waals surface area contributed by atoms with Gasteiger partial charge < -0.3 is 19.7 Å². The summed E-state index contributed by atoms with van der Waals surface area (Å²) in [6.45, 7) is 1.89. The zero-order valence-electron chi connectivity index (χ0n) is 13.9. The van der Waals surface area contributed by atoms with Crippen LogP contribution in [0.1, 0.15) is 24.8 Å². The van der Waals surface area contributed by atoms with Gasteiger partial charge in [-0.25, -0.2) is 0 Å². The Hall–Kier alpha value is -3.15. The molecule has 0 saturated carbocycles. The van der Waals surface area contributed by atoms with Crippen molar-refractivity contribution in [3.05, 3.63) is 48.0 Å². The average molecular weight is 341 g/mol. The van der Waals surface area contributed by atoms with E-state index in [-0.39, 0.29) is 17.5 Å². The summed E-state index contributed by atoms with van der Waals surface area (Å²) in [7, 11) is 1.61. The predicted octanol–water partition coefficient (Wildman–Crippen LogP) is 3.69. The van der Waals surface area contributed by atoms with Crippen molar-refractivity contribution in [1.29, 1.82) is 0 Å². The molecule has 0 aliphatic rings. The fraction of sp³-hybridized carbons (Fsp3) is 0.211. The summed E-state index contributed by atoms with van der Waals surface area (Å²) in [5.41, 5.74) is 0.840. The van der Waals surface area contributed by atoms with E-state index in [4.69, 9.17) is 9.47 Å². The lowest BCUT2D eigenvalue weighted by Gasteiger charge is -2.16. The lowest BCUT2D eigenvalue weighted by Crippen LogP contribution is -2.18. The van der Waals surface area contributed by atoms with Crippen molar-refractivity contribution in [2.75, 3.05) is 7.11 Å². The highest BCUT2D eigenvalue weighted by Crippen LogP contribution is 2.34. The molecule has 0 amide bonds. The van der Waals surface area contributed by atoms with E-state index in [0.29, 0.717) is 6.42 Å². The fourth-order valence-corrected chi connectivity index (χ4v) is 2.90. The molecule has 0 saturated heterocycles. The zero-order valence-corrected chi connectivity index (χ0v) is 13.9. The maximum atomic E-state index is 12.6. The third-order valence-corrected chi connectivity index (χ3v) is 4.15. The van der Waals surface area contributed by atoms with Crippen LogP contribution >= 0.6 is 0 Å². The Balaban J connectivity index is 1.96. The lowest BCUT2D eigenvalue weighted by molar-refractivity contribution is -0.136. The number of aromatic nitrogens is 1. The molecule has 0 fully saturated rings. The Kier molecular flexibility index (Phi) is 4.52. The summed E-state index contributed by atoms with van der Waals surface area (Å²) in [5.74, 6) is -1.02. The Labute approximate surface area is 144 Å². The van der Waals surface area contributed by atoms with Gasteiger partial charge in [0, 0.05) is 6.07 Å². The number of esters is 1. The van der Waals surface area contributed by atoms with Gasteiger partial charge in [-0.3, -0.25) is 9.78 Å². The number of carbonyl (C=O) groups is 1. The van der Waals surface area contributed by atoms with Crippen LogP contribution in [0.5, 0.6) is 23.3 Å². The van der Waals surface area contributed by atoms with E-state index in [2.05, 4.69) is 4.98 Å². The summed E-state index contributed by atoms with van der Waals surface area (Å²) >= 11 is 0. The predicted molar refractivity (Wildman–Crippen MR) is 93.3 cm³/mol. The van der Waals surface area contributed by atoms with Crippen LogP contribution in [0.3, 0.4) is 0 Å². The first-order valence-electron chi connectivity index (χ1n) is 7.92. The van der Waals surface area contributed by atoms with Crippen LogP contribution in [0, 0.1) is 0 Å². The van der Waals surface area contributed by atoms with Gasteiger partial charge >= 0.3 is 5.97 Å². The molecule has 0 spiro atoms. The second kappa shape index (κ2) is 6.76. The molecule has 1 heterocycles. The average Bonchev–Trinajstić information content (AvgIpc) is 2.92. The molecule has 0 bridgehead atoms. The van der Waals surface area contributed by atoms with Gasteiger partial charge in [-0.05, 0) is 34.9 Å². The molecule has 1 atom stereocenters. The molecule has 25 heavy (non-hydrogen) atoms. The topological polar surface area (TPSA) is 91.8 Å². The summed E-state index contributed by atoms with van der Waals surface area (Å²) < 4.78 is 10.5. The third kappa shape index (κ3) is 3.24.